The van der Waals surface area contributed by atoms with Gasteiger partial charge in [-0.1, -0.05) is 42.8 Å². The van der Waals surface area contributed by atoms with Gasteiger partial charge in [-0.05, 0) is 61.7 Å². The molecule has 0 aliphatic carbocycles. The first-order valence-corrected chi connectivity index (χ1v) is 7.51. The van der Waals surface area contributed by atoms with E-state index in [1.54, 1.807) is 0 Å². The first-order valence-electron chi connectivity index (χ1n) is 7.14. The summed E-state index contributed by atoms with van der Waals surface area (Å²) in [6.45, 7) is 9.50. The minimum Gasteiger partial charge on any atom is -0.310 e. The normalized spacial score (nSPS) is 12.4. The zero-order valence-corrected chi connectivity index (χ0v) is 13.4. The fraction of sp³-hybridized carbons (Fsp3) is 0.333. The van der Waals surface area contributed by atoms with Gasteiger partial charge in [0.25, 0.3) is 0 Å². The van der Waals surface area contributed by atoms with E-state index in [2.05, 4.69) is 69.4 Å². The van der Waals surface area contributed by atoms with E-state index >= 15 is 0 Å². The first-order chi connectivity index (χ1) is 9.54. The van der Waals surface area contributed by atoms with Crippen molar-refractivity contribution in [1.82, 2.24) is 5.32 Å². The fourth-order valence-corrected chi connectivity index (χ4v) is 2.84. The third-order valence-corrected chi connectivity index (χ3v) is 4.12. The Labute approximate surface area is 127 Å². The maximum absolute atomic E-state index is 6.47. The van der Waals surface area contributed by atoms with Gasteiger partial charge in [0.1, 0.15) is 0 Å². The molecule has 2 rings (SSSR count). The van der Waals surface area contributed by atoms with Gasteiger partial charge >= 0.3 is 0 Å². The van der Waals surface area contributed by atoms with E-state index in [0.717, 1.165) is 17.1 Å². The molecule has 2 heteroatoms. The van der Waals surface area contributed by atoms with Crippen LogP contribution in [0.15, 0.2) is 36.4 Å². The van der Waals surface area contributed by atoms with E-state index < -0.39 is 0 Å². The predicted molar refractivity (Wildman–Crippen MR) is 88.5 cm³/mol. The summed E-state index contributed by atoms with van der Waals surface area (Å²) in [6, 6.07) is 13.0. The third kappa shape index (κ3) is 3.05. The van der Waals surface area contributed by atoms with E-state index in [-0.39, 0.29) is 0 Å². The van der Waals surface area contributed by atoms with Gasteiger partial charge in [-0.3, -0.25) is 0 Å². The third-order valence-electron chi connectivity index (χ3n) is 3.81. The van der Waals surface area contributed by atoms with Gasteiger partial charge in [-0.25, -0.2) is 0 Å². The molecule has 1 N–H and O–H groups in total. The highest BCUT2D eigenvalue weighted by Gasteiger charge is 2.13. The minimum absolute atomic E-state index is 0.314. The van der Waals surface area contributed by atoms with Crippen LogP contribution in [-0.4, -0.2) is 6.54 Å². The van der Waals surface area contributed by atoms with Crippen molar-refractivity contribution in [3.05, 3.63) is 58.1 Å². The SMILES string of the molecule is CCNC(C)c1ccccc1-c1cc(C)c(C)cc1Cl. The topological polar surface area (TPSA) is 12.0 Å². The Morgan fingerprint density at radius 1 is 1.05 bits per heavy atom. The summed E-state index contributed by atoms with van der Waals surface area (Å²) >= 11 is 6.47. The highest BCUT2D eigenvalue weighted by atomic mass is 35.5. The molecule has 106 valence electrons. The molecule has 0 fully saturated rings. The van der Waals surface area contributed by atoms with Crippen LogP contribution in [0.25, 0.3) is 11.1 Å². The molecule has 0 aromatic heterocycles. The maximum atomic E-state index is 6.47. The zero-order valence-electron chi connectivity index (χ0n) is 12.6. The van der Waals surface area contributed by atoms with Crippen molar-refractivity contribution in [3.63, 3.8) is 0 Å². The van der Waals surface area contributed by atoms with Gasteiger partial charge in [0.05, 0.1) is 0 Å². The molecule has 20 heavy (non-hydrogen) atoms. The molecule has 0 aliphatic heterocycles. The van der Waals surface area contributed by atoms with Gasteiger partial charge in [-0.2, -0.15) is 0 Å². The molecule has 1 nitrogen and oxygen atoms in total. The number of benzene rings is 2. The van der Waals surface area contributed by atoms with Crippen LogP contribution in [0.5, 0.6) is 0 Å². The van der Waals surface area contributed by atoms with Gasteiger partial charge in [-0.15, -0.1) is 0 Å². The number of hydrogen-bond acceptors (Lipinski definition) is 1. The largest absolute Gasteiger partial charge is 0.310 e. The van der Waals surface area contributed by atoms with Crippen molar-refractivity contribution in [1.29, 1.82) is 0 Å². The zero-order chi connectivity index (χ0) is 14.7. The summed E-state index contributed by atoms with van der Waals surface area (Å²) < 4.78 is 0. The average molecular weight is 288 g/mol. The highest BCUT2D eigenvalue weighted by Crippen LogP contribution is 2.34. The van der Waals surface area contributed by atoms with Crippen LogP contribution in [0.1, 0.15) is 36.6 Å². The summed E-state index contributed by atoms with van der Waals surface area (Å²) in [5, 5.41) is 4.30. The number of hydrogen-bond donors (Lipinski definition) is 1. The molecule has 0 bridgehead atoms. The summed E-state index contributed by atoms with van der Waals surface area (Å²) in [5.41, 5.74) is 6.13. The van der Waals surface area contributed by atoms with Crippen LogP contribution in [0.4, 0.5) is 0 Å². The molecule has 1 atom stereocenters. The Morgan fingerprint density at radius 2 is 1.70 bits per heavy atom. The Kier molecular flexibility index (Phi) is 4.85. The molecule has 0 saturated heterocycles. The quantitative estimate of drug-likeness (QED) is 0.805. The average Bonchev–Trinajstić information content (AvgIpc) is 2.43. The molecular weight excluding hydrogens is 266 g/mol. The Bertz CT molecular complexity index is 604. The molecular formula is C18H22ClN. The Balaban J connectivity index is 2.56. The van der Waals surface area contributed by atoms with Crippen molar-refractivity contribution in [3.8, 4) is 11.1 Å². The van der Waals surface area contributed by atoms with E-state index in [9.17, 15) is 0 Å². The second kappa shape index (κ2) is 6.43. The molecule has 0 heterocycles. The van der Waals surface area contributed by atoms with E-state index in [4.69, 9.17) is 11.6 Å². The number of rotatable bonds is 4. The smallest absolute Gasteiger partial charge is 0.0487 e. The van der Waals surface area contributed by atoms with Crippen molar-refractivity contribution in [2.75, 3.05) is 6.54 Å². The van der Waals surface area contributed by atoms with Gasteiger partial charge in [0.2, 0.25) is 0 Å². The van der Waals surface area contributed by atoms with E-state index in [1.807, 2.05) is 0 Å². The summed E-state index contributed by atoms with van der Waals surface area (Å²) in [4.78, 5) is 0. The second-order valence-corrected chi connectivity index (χ2v) is 5.69. The molecule has 0 aliphatic rings. The lowest BCUT2D eigenvalue weighted by Crippen LogP contribution is -2.18. The van der Waals surface area contributed by atoms with Crippen LogP contribution < -0.4 is 5.32 Å². The molecule has 0 saturated carbocycles. The Hall–Kier alpha value is -1.31. The van der Waals surface area contributed by atoms with Crippen molar-refractivity contribution >= 4 is 11.6 Å². The van der Waals surface area contributed by atoms with Gasteiger partial charge in [0, 0.05) is 16.6 Å². The minimum atomic E-state index is 0.314. The van der Waals surface area contributed by atoms with Crippen LogP contribution in [0.2, 0.25) is 5.02 Å². The van der Waals surface area contributed by atoms with Gasteiger partial charge in [0.15, 0.2) is 0 Å². The molecule has 2 aromatic carbocycles. The van der Waals surface area contributed by atoms with Crippen LogP contribution in [0.3, 0.4) is 0 Å². The summed E-state index contributed by atoms with van der Waals surface area (Å²) in [5.74, 6) is 0. The molecule has 0 radical (unpaired) electrons. The first kappa shape index (κ1) is 15.1. The van der Waals surface area contributed by atoms with Crippen LogP contribution in [0, 0.1) is 13.8 Å². The predicted octanol–water partition coefficient (Wildman–Crippen LogP) is 5.29. The molecule has 2 aromatic rings. The second-order valence-electron chi connectivity index (χ2n) is 5.28. The number of halogens is 1. The summed E-state index contributed by atoms with van der Waals surface area (Å²) in [6.07, 6.45) is 0. The molecule has 0 spiro atoms. The Morgan fingerprint density at radius 3 is 2.40 bits per heavy atom. The van der Waals surface area contributed by atoms with Crippen molar-refractivity contribution < 1.29 is 0 Å². The lowest BCUT2D eigenvalue weighted by Gasteiger charge is -2.19. The molecule has 0 amide bonds. The lowest BCUT2D eigenvalue weighted by atomic mass is 9.93. The lowest BCUT2D eigenvalue weighted by molar-refractivity contribution is 0.599. The number of aryl methyl sites for hydroxylation is 2. The number of nitrogens with one attached hydrogen (secondary N) is 1. The maximum Gasteiger partial charge on any atom is 0.0487 e. The van der Waals surface area contributed by atoms with Crippen molar-refractivity contribution in [2.24, 2.45) is 0 Å². The monoisotopic (exact) mass is 287 g/mol. The van der Waals surface area contributed by atoms with Crippen LogP contribution in [-0.2, 0) is 0 Å². The van der Waals surface area contributed by atoms with E-state index in [0.29, 0.717) is 6.04 Å². The van der Waals surface area contributed by atoms with Crippen molar-refractivity contribution in [2.45, 2.75) is 33.7 Å². The van der Waals surface area contributed by atoms with Crippen LogP contribution >= 0.6 is 11.6 Å². The molecule has 1 unspecified atom stereocenters. The fourth-order valence-electron chi connectivity index (χ4n) is 2.52. The standard InChI is InChI=1S/C18H22ClN/c1-5-20-14(4)15-8-6-7-9-16(15)17-10-12(2)13(3)11-18(17)19/h6-11,14,20H,5H2,1-4H3. The van der Waals surface area contributed by atoms with E-state index in [1.165, 1.54) is 22.3 Å². The van der Waals surface area contributed by atoms with Gasteiger partial charge < -0.3 is 5.32 Å². The highest BCUT2D eigenvalue weighted by molar-refractivity contribution is 6.33. The summed E-state index contributed by atoms with van der Waals surface area (Å²) in [7, 11) is 0.